The number of rotatable bonds is 6. The molecule has 4 rings (SSSR count). The summed E-state index contributed by atoms with van der Waals surface area (Å²) in [6.07, 6.45) is 0. The molecule has 0 bridgehead atoms. The van der Waals surface area contributed by atoms with Crippen LogP contribution in [0.3, 0.4) is 0 Å². The minimum Gasteiger partial charge on any atom is -0.491 e. The van der Waals surface area contributed by atoms with Gasteiger partial charge >= 0.3 is 0 Å². The van der Waals surface area contributed by atoms with Crippen molar-refractivity contribution in [3.05, 3.63) is 82.6 Å². The van der Waals surface area contributed by atoms with Crippen LogP contribution in [0.25, 0.3) is 22.0 Å². The van der Waals surface area contributed by atoms with Gasteiger partial charge in [0, 0.05) is 27.1 Å². The first-order valence-corrected chi connectivity index (χ1v) is 10.6. The molecule has 0 radical (unpaired) electrons. The summed E-state index contributed by atoms with van der Waals surface area (Å²) in [5, 5.41) is 12.6. The van der Waals surface area contributed by atoms with Crippen molar-refractivity contribution in [1.29, 1.82) is 0 Å². The number of halogens is 3. The summed E-state index contributed by atoms with van der Waals surface area (Å²) < 4.78 is 19.0. The lowest BCUT2D eigenvalue weighted by molar-refractivity contribution is 0.344. The normalized spacial score (nSPS) is 11.0. The molecule has 0 N–H and O–H groups in total. The topological polar surface area (TPSA) is 35.0 Å². The van der Waals surface area contributed by atoms with Crippen LogP contribution in [0.5, 0.6) is 5.75 Å². The number of hydrogen-bond donors (Lipinski definition) is 0. The first-order chi connectivity index (χ1) is 14.1. The van der Waals surface area contributed by atoms with Gasteiger partial charge in [-0.05, 0) is 42.5 Å². The van der Waals surface area contributed by atoms with E-state index in [1.165, 1.54) is 12.1 Å². The number of hydrogen-bond acceptors (Lipinski definition) is 4. The molecule has 29 heavy (non-hydrogen) atoms. The monoisotopic (exact) mass is 444 g/mol. The van der Waals surface area contributed by atoms with Crippen LogP contribution < -0.4 is 4.74 Å². The van der Waals surface area contributed by atoms with Gasteiger partial charge in [0.25, 0.3) is 0 Å². The largest absolute Gasteiger partial charge is 0.491 e. The van der Waals surface area contributed by atoms with E-state index in [9.17, 15) is 4.39 Å². The number of ether oxygens (including phenoxy) is 1. The van der Waals surface area contributed by atoms with E-state index < -0.39 is 0 Å². The molecule has 0 atom stereocenters. The standard InChI is InChI=1S/C22H15Cl2FN2OS/c23-15-7-10-20(19(24)13-15)28-11-12-29-22-18-4-2-1-3-17(18)21(26-27-22)14-5-8-16(25)9-6-14/h1-10,13H,11-12H2. The Morgan fingerprint density at radius 1 is 0.897 bits per heavy atom. The quantitative estimate of drug-likeness (QED) is 0.239. The van der Waals surface area contributed by atoms with E-state index >= 15 is 0 Å². The SMILES string of the molecule is Fc1ccc(-c2nnc(SCCOc3ccc(Cl)cc3Cl)c3ccccc23)cc1. The van der Waals surface area contributed by atoms with Crippen molar-refractivity contribution < 1.29 is 9.13 Å². The van der Waals surface area contributed by atoms with E-state index in [1.807, 2.05) is 24.3 Å². The van der Waals surface area contributed by atoms with Gasteiger partial charge in [-0.3, -0.25) is 0 Å². The summed E-state index contributed by atoms with van der Waals surface area (Å²) in [5.41, 5.74) is 1.56. The maximum absolute atomic E-state index is 13.3. The highest BCUT2D eigenvalue weighted by Gasteiger charge is 2.11. The molecule has 4 aromatic rings. The van der Waals surface area contributed by atoms with E-state index in [2.05, 4.69) is 10.2 Å². The van der Waals surface area contributed by atoms with Gasteiger partial charge in [0.05, 0.1) is 11.6 Å². The molecule has 0 unspecified atom stereocenters. The maximum Gasteiger partial charge on any atom is 0.138 e. The molecule has 0 amide bonds. The molecule has 1 aromatic heterocycles. The van der Waals surface area contributed by atoms with Crippen LogP contribution in [0.15, 0.2) is 71.8 Å². The summed E-state index contributed by atoms with van der Waals surface area (Å²) in [4.78, 5) is 0. The first kappa shape index (κ1) is 20.0. The Morgan fingerprint density at radius 3 is 2.41 bits per heavy atom. The summed E-state index contributed by atoms with van der Waals surface area (Å²) in [6.45, 7) is 0.460. The third-order valence-electron chi connectivity index (χ3n) is 4.24. The molecule has 0 spiro atoms. The van der Waals surface area contributed by atoms with E-state index in [0.717, 1.165) is 27.1 Å². The predicted molar refractivity (Wildman–Crippen MR) is 118 cm³/mol. The van der Waals surface area contributed by atoms with Gasteiger partial charge < -0.3 is 4.74 Å². The molecule has 3 nitrogen and oxygen atoms in total. The number of nitrogens with zero attached hydrogens (tertiary/aromatic N) is 2. The lowest BCUT2D eigenvalue weighted by atomic mass is 10.1. The van der Waals surface area contributed by atoms with Crippen LogP contribution in [0.4, 0.5) is 4.39 Å². The third kappa shape index (κ3) is 4.64. The molecule has 0 aliphatic heterocycles. The molecule has 146 valence electrons. The summed E-state index contributed by atoms with van der Waals surface area (Å²) in [7, 11) is 0. The predicted octanol–water partition coefficient (Wildman–Crippen LogP) is 6.91. The average molecular weight is 445 g/mol. The second-order valence-electron chi connectivity index (χ2n) is 6.18. The zero-order valence-corrected chi connectivity index (χ0v) is 17.4. The second kappa shape index (κ2) is 8.99. The van der Waals surface area contributed by atoms with Crippen molar-refractivity contribution in [2.75, 3.05) is 12.4 Å². The smallest absolute Gasteiger partial charge is 0.138 e. The van der Waals surface area contributed by atoms with Gasteiger partial charge in [-0.2, -0.15) is 0 Å². The minimum absolute atomic E-state index is 0.279. The Balaban J connectivity index is 1.51. The van der Waals surface area contributed by atoms with Crippen LogP contribution in [0.1, 0.15) is 0 Å². The molecule has 0 aliphatic carbocycles. The summed E-state index contributed by atoms with van der Waals surface area (Å²) in [6, 6.07) is 19.3. The third-order valence-corrected chi connectivity index (χ3v) is 5.72. The number of aromatic nitrogens is 2. The van der Waals surface area contributed by atoms with Crippen LogP contribution in [-0.2, 0) is 0 Å². The molecule has 1 heterocycles. The van der Waals surface area contributed by atoms with E-state index in [4.69, 9.17) is 27.9 Å². The van der Waals surface area contributed by atoms with E-state index in [-0.39, 0.29) is 5.82 Å². The van der Waals surface area contributed by atoms with Crippen molar-refractivity contribution in [2.45, 2.75) is 5.03 Å². The van der Waals surface area contributed by atoms with Gasteiger partial charge in [-0.15, -0.1) is 22.0 Å². The number of fused-ring (bicyclic) bond motifs is 1. The maximum atomic E-state index is 13.3. The van der Waals surface area contributed by atoms with Gasteiger partial charge in [0.2, 0.25) is 0 Å². The Bertz CT molecular complexity index is 1160. The van der Waals surface area contributed by atoms with Gasteiger partial charge in [-0.25, -0.2) is 4.39 Å². The Labute approximate surface area is 181 Å². The van der Waals surface area contributed by atoms with Crippen molar-refractivity contribution in [3.8, 4) is 17.0 Å². The molecule has 0 saturated heterocycles. The Kier molecular flexibility index (Phi) is 6.19. The fraction of sp³-hybridized carbons (Fsp3) is 0.0909. The molecule has 0 fully saturated rings. The minimum atomic E-state index is -0.279. The lowest BCUT2D eigenvalue weighted by Gasteiger charge is -2.10. The highest BCUT2D eigenvalue weighted by molar-refractivity contribution is 7.99. The van der Waals surface area contributed by atoms with Crippen LogP contribution in [0.2, 0.25) is 10.0 Å². The number of thioether (sulfide) groups is 1. The molecule has 7 heteroatoms. The molecular weight excluding hydrogens is 430 g/mol. The summed E-state index contributed by atoms with van der Waals surface area (Å²) >= 11 is 13.6. The van der Waals surface area contributed by atoms with E-state index in [0.29, 0.717) is 28.2 Å². The zero-order valence-electron chi connectivity index (χ0n) is 15.1. The van der Waals surface area contributed by atoms with Crippen molar-refractivity contribution >= 4 is 45.7 Å². The van der Waals surface area contributed by atoms with Gasteiger partial charge in [0.15, 0.2) is 0 Å². The van der Waals surface area contributed by atoms with Crippen molar-refractivity contribution in [2.24, 2.45) is 0 Å². The van der Waals surface area contributed by atoms with Crippen molar-refractivity contribution in [1.82, 2.24) is 10.2 Å². The van der Waals surface area contributed by atoms with Gasteiger partial charge in [0.1, 0.15) is 22.3 Å². The van der Waals surface area contributed by atoms with Crippen molar-refractivity contribution in [3.63, 3.8) is 0 Å². The highest BCUT2D eigenvalue weighted by atomic mass is 35.5. The second-order valence-corrected chi connectivity index (χ2v) is 8.11. The molecule has 0 saturated carbocycles. The van der Waals surface area contributed by atoms with Crippen LogP contribution in [0, 0.1) is 5.82 Å². The summed E-state index contributed by atoms with van der Waals surface area (Å²) in [5.74, 6) is 0.992. The average Bonchev–Trinajstić information content (AvgIpc) is 2.73. The zero-order chi connectivity index (χ0) is 20.2. The number of benzene rings is 3. The van der Waals surface area contributed by atoms with Crippen LogP contribution in [-0.4, -0.2) is 22.6 Å². The van der Waals surface area contributed by atoms with Gasteiger partial charge in [-0.1, -0.05) is 47.5 Å². The highest BCUT2D eigenvalue weighted by Crippen LogP contribution is 2.32. The lowest BCUT2D eigenvalue weighted by Crippen LogP contribution is -2.02. The first-order valence-electron chi connectivity index (χ1n) is 8.84. The fourth-order valence-electron chi connectivity index (χ4n) is 2.89. The Morgan fingerprint density at radius 2 is 1.66 bits per heavy atom. The molecular formula is C22H15Cl2FN2OS. The van der Waals surface area contributed by atoms with Crippen LogP contribution >= 0.6 is 35.0 Å². The Hall–Kier alpha value is -2.34. The fourth-order valence-corrected chi connectivity index (χ4v) is 4.14. The molecule has 3 aromatic carbocycles. The molecule has 0 aliphatic rings. The van der Waals surface area contributed by atoms with E-state index in [1.54, 1.807) is 42.1 Å².